The third kappa shape index (κ3) is 5.40. The van der Waals surface area contributed by atoms with Crippen LogP contribution in [0.5, 0.6) is 5.75 Å². The molecule has 0 bridgehead atoms. The number of nitrogens with zero attached hydrogens (tertiary/aromatic N) is 1. The topological polar surface area (TPSA) is 63.2 Å². The van der Waals surface area contributed by atoms with Crippen LogP contribution >= 0.6 is 23.1 Å². The summed E-state index contributed by atoms with van der Waals surface area (Å²) in [4.78, 5) is 17.6. The predicted molar refractivity (Wildman–Crippen MR) is 105 cm³/mol. The molecule has 0 unspecified atom stereocenters. The minimum absolute atomic E-state index is 0.237. The van der Waals surface area contributed by atoms with E-state index in [0.717, 1.165) is 4.90 Å². The van der Waals surface area contributed by atoms with Crippen LogP contribution in [0.2, 0.25) is 0 Å². The van der Waals surface area contributed by atoms with Crippen LogP contribution in [0.1, 0.15) is 10.5 Å². The number of thioether (sulfide) groups is 1. The zero-order valence-corrected chi connectivity index (χ0v) is 16.0. The zero-order valence-electron chi connectivity index (χ0n) is 14.4. The van der Waals surface area contributed by atoms with E-state index in [1.165, 1.54) is 47.4 Å². The number of thiazole rings is 1. The molecule has 5 nitrogen and oxygen atoms in total. The van der Waals surface area contributed by atoms with E-state index in [2.05, 4.69) is 20.4 Å². The third-order valence-electron chi connectivity index (χ3n) is 3.43. The van der Waals surface area contributed by atoms with E-state index in [4.69, 9.17) is 0 Å². The van der Waals surface area contributed by atoms with Crippen molar-refractivity contribution in [3.05, 3.63) is 59.6 Å². The van der Waals surface area contributed by atoms with Crippen LogP contribution < -0.4 is 15.4 Å². The maximum absolute atomic E-state index is 12.4. The minimum atomic E-state index is -4.73. The minimum Gasteiger partial charge on any atom is -0.406 e. The number of ether oxygens (including phenoxy) is 1. The summed E-state index contributed by atoms with van der Waals surface area (Å²) in [5, 5.41) is 7.80. The molecule has 0 aliphatic heterocycles. The van der Waals surface area contributed by atoms with Gasteiger partial charge in [0, 0.05) is 16.0 Å². The molecule has 0 aliphatic rings. The van der Waals surface area contributed by atoms with Gasteiger partial charge in [0.25, 0.3) is 5.91 Å². The quantitative estimate of drug-likeness (QED) is 0.492. The first-order valence-corrected chi connectivity index (χ1v) is 9.97. The molecule has 3 rings (SSSR count). The van der Waals surface area contributed by atoms with Gasteiger partial charge < -0.3 is 15.4 Å². The summed E-state index contributed by atoms with van der Waals surface area (Å²) in [7, 11) is 0. The molecule has 10 heteroatoms. The van der Waals surface area contributed by atoms with Gasteiger partial charge in [-0.05, 0) is 42.7 Å². The molecule has 2 aromatic carbocycles. The molecule has 0 aliphatic carbocycles. The van der Waals surface area contributed by atoms with E-state index in [9.17, 15) is 18.0 Å². The summed E-state index contributed by atoms with van der Waals surface area (Å²) in [6, 6.07) is 12.7. The lowest BCUT2D eigenvalue weighted by Gasteiger charge is -2.09. The van der Waals surface area contributed by atoms with Crippen LogP contribution in [0.25, 0.3) is 0 Å². The Morgan fingerprint density at radius 3 is 2.54 bits per heavy atom. The molecule has 1 heterocycles. The van der Waals surface area contributed by atoms with Gasteiger partial charge in [-0.3, -0.25) is 4.79 Å². The molecule has 28 heavy (non-hydrogen) atoms. The monoisotopic (exact) mass is 425 g/mol. The first-order chi connectivity index (χ1) is 13.3. The van der Waals surface area contributed by atoms with Gasteiger partial charge in [0.2, 0.25) is 0 Å². The van der Waals surface area contributed by atoms with Crippen LogP contribution in [0.3, 0.4) is 0 Å². The van der Waals surface area contributed by atoms with Gasteiger partial charge in [0.15, 0.2) is 5.13 Å². The molecular weight excluding hydrogens is 411 g/mol. The molecular formula is C18H14F3N3O2S2. The fourth-order valence-electron chi connectivity index (χ4n) is 2.23. The van der Waals surface area contributed by atoms with Crippen molar-refractivity contribution in [3.8, 4) is 5.75 Å². The van der Waals surface area contributed by atoms with E-state index >= 15 is 0 Å². The number of hydrogen-bond acceptors (Lipinski definition) is 6. The average Bonchev–Trinajstić information content (AvgIpc) is 3.11. The number of para-hydroxylation sites is 1. The number of rotatable bonds is 6. The van der Waals surface area contributed by atoms with E-state index in [1.54, 1.807) is 11.4 Å². The Balaban J connectivity index is 1.64. The van der Waals surface area contributed by atoms with Gasteiger partial charge in [-0.25, -0.2) is 4.98 Å². The standard InChI is InChI=1S/C18H14F3N3O2S2/c1-27-15-5-3-2-4-13(15)23-16(25)14-10-28-17(24-14)22-11-6-8-12(9-7-11)26-18(19,20)21/h2-10H,1H3,(H,22,24)(H,23,25). The van der Waals surface area contributed by atoms with Crippen LogP contribution in [0, 0.1) is 0 Å². The zero-order chi connectivity index (χ0) is 20.1. The lowest BCUT2D eigenvalue weighted by atomic mass is 10.3. The normalized spacial score (nSPS) is 11.1. The Hall–Kier alpha value is -2.72. The molecule has 0 saturated carbocycles. The van der Waals surface area contributed by atoms with Crippen molar-refractivity contribution in [1.82, 2.24) is 4.98 Å². The van der Waals surface area contributed by atoms with Crippen LogP contribution in [-0.4, -0.2) is 23.5 Å². The average molecular weight is 425 g/mol. The molecule has 3 aromatic rings. The number of amides is 1. The summed E-state index contributed by atoms with van der Waals surface area (Å²) in [6.07, 6.45) is -2.82. The largest absolute Gasteiger partial charge is 0.573 e. The third-order valence-corrected chi connectivity index (χ3v) is 4.98. The predicted octanol–water partition coefficient (Wildman–Crippen LogP) is 5.76. The van der Waals surface area contributed by atoms with Crippen LogP contribution in [0.4, 0.5) is 29.7 Å². The highest BCUT2D eigenvalue weighted by atomic mass is 32.2. The Morgan fingerprint density at radius 1 is 1.14 bits per heavy atom. The number of benzene rings is 2. The van der Waals surface area contributed by atoms with Gasteiger partial charge in [-0.1, -0.05) is 12.1 Å². The van der Waals surface area contributed by atoms with Crippen LogP contribution in [0.15, 0.2) is 58.8 Å². The van der Waals surface area contributed by atoms with Gasteiger partial charge in [0.1, 0.15) is 11.4 Å². The Bertz CT molecular complexity index is 959. The molecule has 0 radical (unpaired) electrons. The number of carbonyl (C=O) groups excluding carboxylic acids is 1. The molecule has 1 amide bonds. The summed E-state index contributed by atoms with van der Waals surface area (Å²) < 4.78 is 40.4. The number of alkyl halides is 3. The highest BCUT2D eigenvalue weighted by Gasteiger charge is 2.30. The molecule has 2 N–H and O–H groups in total. The van der Waals surface area contributed by atoms with Gasteiger partial charge in [0.05, 0.1) is 5.69 Å². The van der Waals surface area contributed by atoms with E-state index in [1.807, 2.05) is 24.5 Å². The number of carbonyl (C=O) groups is 1. The van der Waals surface area contributed by atoms with Crippen molar-refractivity contribution < 1.29 is 22.7 Å². The SMILES string of the molecule is CSc1ccccc1NC(=O)c1csc(Nc2ccc(OC(F)(F)F)cc2)n1. The highest BCUT2D eigenvalue weighted by Crippen LogP contribution is 2.28. The molecule has 0 fully saturated rings. The van der Waals surface area contributed by atoms with Crippen molar-refractivity contribution in [2.75, 3.05) is 16.9 Å². The van der Waals surface area contributed by atoms with Gasteiger partial charge >= 0.3 is 6.36 Å². The van der Waals surface area contributed by atoms with Crippen molar-refractivity contribution in [2.45, 2.75) is 11.3 Å². The number of hydrogen-bond donors (Lipinski definition) is 2. The molecule has 0 spiro atoms. The lowest BCUT2D eigenvalue weighted by molar-refractivity contribution is -0.274. The second-order valence-electron chi connectivity index (χ2n) is 5.39. The smallest absolute Gasteiger partial charge is 0.406 e. The van der Waals surface area contributed by atoms with Gasteiger partial charge in [-0.2, -0.15) is 0 Å². The van der Waals surface area contributed by atoms with Crippen LogP contribution in [-0.2, 0) is 0 Å². The highest BCUT2D eigenvalue weighted by molar-refractivity contribution is 7.98. The maximum atomic E-state index is 12.4. The van der Waals surface area contributed by atoms with Gasteiger partial charge in [-0.15, -0.1) is 36.3 Å². The fourth-order valence-corrected chi connectivity index (χ4v) is 3.50. The van der Waals surface area contributed by atoms with Crippen molar-refractivity contribution in [3.63, 3.8) is 0 Å². The first kappa shape index (κ1) is 20.0. The van der Waals surface area contributed by atoms with Crippen molar-refractivity contribution in [1.29, 1.82) is 0 Å². The summed E-state index contributed by atoms with van der Waals surface area (Å²) in [5.41, 5.74) is 1.45. The Labute approximate surface area is 166 Å². The van der Waals surface area contributed by atoms with E-state index < -0.39 is 6.36 Å². The number of halogens is 3. The fraction of sp³-hybridized carbons (Fsp3) is 0.111. The molecule has 146 valence electrons. The summed E-state index contributed by atoms with van der Waals surface area (Å²) in [5.74, 6) is -0.663. The second kappa shape index (κ2) is 8.53. The number of nitrogens with one attached hydrogen (secondary N) is 2. The maximum Gasteiger partial charge on any atom is 0.573 e. The summed E-state index contributed by atoms with van der Waals surface area (Å²) >= 11 is 2.73. The first-order valence-electron chi connectivity index (χ1n) is 7.87. The molecule has 0 atom stereocenters. The van der Waals surface area contributed by atoms with Crippen molar-refractivity contribution >= 4 is 45.5 Å². The summed E-state index contributed by atoms with van der Waals surface area (Å²) in [6.45, 7) is 0. The van der Waals surface area contributed by atoms with E-state index in [-0.39, 0.29) is 17.4 Å². The van der Waals surface area contributed by atoms with Crippen molar-refractivity contribution in [2.24, 2.45) is 0 Å². The van der Waals surface area contributed by atoms with E-state index in [0.29, 0.717) is 16.5 Å². The second-order valence-corrected chi connectivity index (χ2v) is 7.10. The lowest BCUT2D eigenvalue weighted by Crippen LogP contribution is -2.16. The number of aromatic nitrogens is 1. The Morgan fingerprint density at radius 2 is 1.86 bits per heavy atom. The molecule has 0 saturated heterocycles. The number of anilines is 3. The Kier molecular flexibility index (Phi) is 6.10. The molecule has 1 aromatic heterocycles.